The smallest absolute Gasteiger partial charge is 0.319 e. The summed E-state index contributed by atoms with van der Waals surface area (Å²) >= 11 is 0. The van der Waals surface area contributed by atoms with Gasteiger partial charge in [-0.05, 0) is 32.0 Å². The maximum atomic E-state index is 12.5. The Kier molecular flexibility index (Phi) is 5.33. The monoisotopic (exact) mass is 334 g/mol. The van der Waals surface area contributed by atoms with E-state index in [1.807, 2.05) is 0 Å². The Labute approximate surface area is 141 Å². The highest BCUT2D eigenvalue weighted by Crippen LogP contribution is 2.37. The minimum atomic E-state index is -0.786. The minimum absolute atomic E-state index is 0.277. The van der Waals surface area contributed by atoms with Crippen molar-refractivity contribution in [3.8, 4) is 11.5 Å². The number of hydrogen-bond donors (Lipinski definition) is 2. The van der Waals surface area contributed by atoms with Gasteiger partial charge in [-0.1, -0.05) is 6.58 Å². The molecule has 0 saturated carbocycles. The van der Waals surface area contributed by atoms with E-state index in [0.29, 0.717) is 17.1 Å². The summed E-state index contributed by atoms with van der Waals surface area (Å²) in [6.07, 6.45) is -0.282. The first kappa shape index (κ1) is 17.7. The molecule has 1 aliphatic rings. The first-order chi connectivity index (χ1) is 11.4. The van der Waals surface area contributed by atoms with E-state index in [1.54, 1.807) is 32.0 Å². The van der Waals surface area contributed by atoms with E-state index in [9.17, 15) is 9.59 Å². The molecule has 0 aromatic heterocycles. The molecule has 0 bridgehead atoms. The molecule has 1 saturated heterocycles. The van der Waals surface area contributed by atoms with E-state index >= 15 is 0 Å². The Hall–Kier alpha value is -2.70. The molecule has 7 heteroatoms. The van der Waals surface area contributed by atoms with Crippen LogP contribution in [0.4, 0.5) is 4.79 Å². The highest BCUT2D eigenvalue weighted by atomic mass is 16.5. The number of ether oxygens (including phenoxy) is 3. The van der Waals surface area contributed by atoms with Gasteiger partial charge < -0.3 is 24.8 Å². The molecule has 2 unspecified atom stereocenters. The minimum Gasteiger partial charge on any atom is -0.497 e. The number of hydrogen-bond acceptors (Lipinski definition) is 5. The average molecular weight is 334 g/mol. The van der Waals surface area contributed by atoms with Crippen molar-refractivity contribution < 1.29 is 23.8 Å². The molecule has 7 nitrogen and oxygen atoms in total. The second-order valence-electron chi connectivity index (χ2n) is 5.67. The highest BCUT2D eigenvalue weighted by molar-refractivity contribution is 5.85. The molecule has 0 aliphatic carbocycles. The predicted molar refractivity (Wildman–Crippen MR) is 87.8 cm³/mol. The average Bonchev–Trinajstić information content (AvgIpc) is 2.52. The largest absolute Gasteiger partial charge is 0.497 e. The van der Waals surface area contributed by atoms with E-state index in [4.69, 9.17) is 14.2 Å². The fourth-order valence-electron chi connectivity index (χ4n) is 2.61. The lowest BCUT2D eigenvalue weighted by molar-refractivity contribution is -0.152. The molecule has 1 aromatic rings. The number of amides is 2. The van der Waals surface area contributed by atoms with Gasteiger partial charge in [0.15, 0.2) is 0 Å². The van der Waals surface area contributed by atoms with Gasteiger partial charge in [-0.2, -0.15) is 0 Å². The third-order valence-corrected chi connectivity index (χ3v) is 3.65. The van der Waals surface area contributed by atoms with Gasteiger partial charge in [0.05, 0.1) is 26.4 Å². The number of esters is 1. The molecule has 2 N–H and O–H groups in total. The maximum Gasteiger partial charge on any atom is 0.319 e. The van der Waals surface area contributed by atoms with Crippen molar-refractivity contribution in [2.24, 2.45) is 5.92 Å². The Morgan fingerprint density at radius 3 is 2.54 bits per heavy atom. The standard InChI is InChI=1S/C17H22N2O5/c1-9(2)24-16(20)14-10(3)18-17(21)19-15(14)12-8-11(22-4)6-7-13(12)23-5/h6-9,14-15H,3H2,1-2,4-5H3,(H2,18,19,21). The lowest BCUT2D eigenvalue weighted by Gasteiger charge is -2.34. The molecular weight excluding hydrogens is 312 g/mol. The van der Waals surface area contributed by atoms with E-state index in [1.165, 1.54) is 14.2 Å². The molecule has 0 radical (unpaired) electrons. The summed E-state index contributed by atoms with van der Waals surface area (Å²) in [5.41, 5.74) is 0.887. The first-order valence-corrected chi connectivity index (χ1v) is 7.56. The van der Waals surface area contributed by atoms with Crippen LogP contribution in [0.2, 0.25) is 0 Å². The van der Waals surface area contributed by atoms with E-state index in [-0.39, 0.29) is 11.8 Å². The van der Waals surface area contributed by atoms with Crippen molar-refractivity contribution >= 4 is 12.0 Å². The fraction of sp³-hybridized carbons (Fsp3) is 0.412. The van der Waals surface area contributed by atoms with Gasteiger partial charge in [-0.3, -0.25) is 4.79 Å². The number of benzene rings is 1. The number of rotatable bonds is 5. The second-order valence-corrected chi connectivity index (χ2v) is 5.67. The molecule has 0 spiro atoms. The van der Waals surface area contributed by atoms with Gasteiger partial charge in [0, 0.05) is 11.3 Å². The van der Waals surface area contributed by atoms with Gasteiger partial charge >= 0.3 is 12.0 Å². The first-order valence-electron chi connectivity index (χ1n) is 7.56. The number of nitrogens with one attached hydrogen (secondary N) is 2. The van der Waals surface area contributed by atoms with Crippen LogP contribution in [0.15, 0.2) is 30.5 Å². The molecule has 1 heterocycles. The van der Waals surface area contributed by atoms with Crippen LogP contribution in [0, 0.1) is 5.92 Å². The Morgan fingerprint density at radius 2 is 1.96 bits per heavy atom. The molecule has 24 heavy (non-hydrogen) atoms. The number of urea groups is 1. The number of methoxy groups -OCH3 is 2. The summed E-state index contributed by atoms with van der Waals surface area (Å²) in [5.74, 6) is -0.151. The molecule has 130 valence electrons. The number of carbonyl (C=O) groups excluding carboxylic acids is 2. The molecule has 2 rings (SSSR count). The summed E-state index contributed by atoms with van der Waals surface area (Å²) in [6.45, 7) is 7.32. The normalized spacial score (nSPS) is 20.2. The van der Waals surface area contributed by atoms with Crippen molar-refractivity contribution in [2.75, 3.05) is 14.2 Å². The maximum absolute atomic E-state index is 12.5. The van der Waals surface area contributed by atoms with Crippen LogP contribution in [0.1, 0.15) is 25.5 Å². The van der Waals surface area contributed by atoms with E-state index in [0.717, 1.165) is 0 Å². The zero-order chi connectivity index (χ0) is 17.9. The summed E-state index contributed by atoms with van der Waals surface area (Å²) < 4.78 is 15.9. The Balaban J connectivity index is 2.48. The summed E-state index contributed by atoms with van der Waals surface area (Å²) in [6, 6.07) is 4.06. The van der Waals surface area contributed by atoms with Gasteiger partial charge in [-0.25, -0.2) is 4.79 Å². The second kappa shape index (κ2) is 7.25. The van der Waals surface area contributed by atoms with E-state index < -0.39 is 24.0 Å². The lowest BCUT2D eigenvalue weighted by Crippen LogP contribution is -2.51. The zero-order valence-electron chi connectivity index (χ0n) is 14.2. The topological polar surface area (TPSA) is 85.9 Å². The SMILES string of the molecule is C=C1NC(=O)NC(c2cc(OC)ccc2OC)C1C(=O)OC(C)C. The van der Waals surface area contributed by atoms with Crippen molar-refractivity contribution in [1.29, 1.82) is 0 Å². The molecule has 1 aliphatic heterocycles. The van der Waals surface area contributed by atoms with Crippen LogP contribution in [0.25, 0.3) is 0 Å². The van der Waals surface area contributed by atoms with Crippen LogP contribution < -0.4 is 20.1 Å². The van der Waals surface area contributed by atoms with Gasteiger partial charge in [-0.15, -0.1) is 0 Å². The quantitative estimate of drug-likeness (QED) is 0.806. The van der Waals surface area contributed by atoms with Crippen molar-refractivity contribution in [3.05, 3.63) is 36.0 Å². The van der Waals surface area contributed by atoms with Crippen LogP contribution in [0.5, 0.6) is 11.5 Å². The third-order valence-electron chi connectivity index (χ3n) is 3.65. The molecular formula is C17H22N2O5. The van der Waals surface area contributed by atoms with E-state index in [2.05, 4.69) is 17.2 Å². The zero-order valence-corrected chi connectivity index (χ0v) is 14.2. The van der Waals surface area contributed by atoms with Gasteiger partial charge in [0.1, 0.15) is 17.4 Å². The van der Waals surface area contributed by atoms with Crippen molar-refractivity contribution in [3.63, 3.8) is 0 Å². The summed E-state index contributed by atoms with van der Waals surface area (Å²) in [7, 11) is 3.06. The number of carbonyl (C=O) groups is 2. The fourth-order valence-corrected chi connectivity index (χ4v) is 2.61. The van der Waals surface area contributed by atoms with Crippen molar-refractivity contribution in [2.45, 2.75) is 26.0 Å². The molecule has 2 atom stereocenters. The van der Waals surface area contributed by atoms with Crippen LogP contribution in [-0.2, 0) is 9.53 Å². The summed E-state index contributed by atoms with van der Waals surface area (Å²) in [4.78, 5) is 24.4. The molecule has 1 fully saturated rings. The van der Waals surface area contributed by atoms with Crippen LogP contribution in [-0.4, -0.2) is 32.3 Å². The molecule has 1 aromatic carbocycles. The van der Waals surface area contributed by atoms with Crippen LogP contribution >= 0.6 is 0 Å². The van der Waals surface area contributed by atoms with Crippen molar-refractivity contribution in [1.82, 2.24) is 10.6 Å². The highest BCUT2D eigenvalue weighted by Gasteiger charge is 2.40. The predicted octanol–water partition coefficient (Wildman–Crippen LogP) is 2.14. The Bertz CT molecular complexity index is 656. The Morgan fingerprint density at radius 1 is 1.25 bits per heavy atom. The van der Waals surface area contributed by atoms with Gasteiger partial charge in [0.2, 0.25) is 0 Å². The summed E-state index contributed by atoms with van der Waals surface area (Å²) in [5, 5.41) is 5.28. The van der Waals surface area contributed by atoms with Gasteiger partial charge in [0.25, 0.3) is 0 Å². The lowest BCUT2D eigenvalue weighted by atomic mass is 9.88. The third kappa shape index (κ3) is 3.61. The van der Waals surface area contributed by atoms with Crippen LogP contribution in [0.3, 0.4) is 0 Å². The molecule has 2 amide bonds.